The maximum atomic E-state index is 6.15. The molecule has 0 amide bonds. The van der Waals surface area contributed by atoms with Crippen molar-refractivity contribution < 1.29 is 4.42 Å². The zero-order chi connectivity index (χ0) is 20.7. The van der Waals surface area contributed by atoms with Gasteiger partial charge in [-0.2, -0.15) is 0 Å². The van der Waals surface area contributed by atoms with E-state index in [0.717, 1.165) is 41.3 Å². The van der Waals surface area contributed by atoms with Crippen LogP contribution in [0.1, 0.15) is 71.1 Å². The highest BCUT2D eigenvalue weighted by atomic mass is 16.3. The lowest BCUT2D eigenvalue weighted by molar-refractivity contribution is 0.586. The zero-order valence-electron chi connectivity index (χ0n) is 18.8. The average Bonchev–Trinajstić information content (AvgIpc) is 3.10. The fourth-order valence-corrected chi connectivity index (χ4v) is 3.32. The second-order valence-electron chi connectivity index (χ2n) is 8.36. The molecule has 0 N–H and O–H groups in total. The van der Waals surface area contributed by atoms with Crippen LogP contribution < -0.4 is 0 Å². The number of nitrogens with zero attached hydrogens (tertiary/aromatic N) is 1. The number of aryl methyl sites for hydroxylation is 3. The first-order valence-corrected chi connectivity index (χ1v) is 10.9. The molecule has 0 spiro atoms. The molecule has 0 fully saturated rings. The van der Waals surface area contributed by atoms with Gasteiger partial charge in [-0.3, -0.25) is 0 Å². The van der Waals surface area contributed by atoms with E-state index in [9.17, 15) is 0 Å². The van der Waals surface area contributed by atoms with Crippen molar-refractivity contribution in [2.24, 2.45) is 11.8 Å². The van der Waals surface area contributed by atoms with Crippen molar-refractivity contribution in [1.82, 2.24) is 4.98 Å². The molecule has 0 bridgehead atoms. The molecule has 1 heterocycles. The minimum atomic E-state index is 0.689. The molecule has 0 unspecified atom stereocenters. The van der Waals surface area contributed by atoms with Gasteiger partial charge in [0.1, 0.15) is 5.52 Å². The number of rotatable bonds is 7. The number of hydrogen-bond acceptors (Lipinski definition) is 2. The quantitative estimate of drug-likeness (QED) is 0.415. The third-order valence-corrected chi connectivity index (χ3v) is 4.89. The van der Waals surface area contributed by atoms with Gasteiger partial charge in [-0.05, 0) is 79.3 Å². The van der Waals surface area contributed by atoms with Crippen LogP contribution >= 0.6 is 0 Å². The summed E-state index contributed by atoms with van der Waals surface area (Å²) in [4.78, 5) is 4.87. The van der Waals surface area contributed by atoms with Gasteiger partial charge in [-0.25, -0.2) is 4.98 Å². The Kier molecular flexibility index (Phi) is 8.29. The first-order valence-electron chi connectivity index (χ1n) is 10.9. The van der Waals surface area contributed by atoms with Crippen LogP contribution in [-0.4, -0.2) is 4.98 Å². The Labute approximate surface area is 171 Å². The summed E-state index contributed by atoms with van der Waals surface area (Å²) in [7, 11) is 0. The van der Waals surface area contributed by atoms with Crippen molar-refractivity contribution in [3.05, 3.63) is 53.1 Å². The highest BCUT2D eigenvalue weighted by molar-refractivity contribution is 5.80. The van der Waals surface area contributed by atoms with Gasteiger partial charge in [0.15, 0.2) is 5.58 Å². The first-order chi connectivity index (χ1) is 13.4. The van der Waals surface area contributed by atoms with E-state index in [0.29, 0.717) is 5.92 Å². The average molecular weight is 380 g/mol. The Morgan fingerprint density at radius 1 is 0.893 bits per heavy atom. The minimum absolute atomic E-state index is 0.689. The number of hydrogen-bond donors (Lipinski definition) is 0. The van der Waals surface area contributed by atoms with Crippen molar-refractivity contribution in [3.8, 4) is 11.5 Å². The van der Waals surface area contributed by atoms with E-state index < -0.39 is 0 Å². The second kappa shape index (κ2) is 10.5. The molecule has 0 saturated heterocycles. The lowest BCUT2D eigenvalue weighted by Gasteiger charge is -2.06. The number of benzene rings is 2. The van der Waals surface area contributed by atoms with Crippen LogP contribution in [0.5, 0.6) is 0 Å². The Morgan fingerprint density at radius 3 is 2.25 bits per heavy atom. The van der Waals surface area contributed by atoms with Crippen LogP contribution in [0.3, 0.4) is 0 Å². The Bertz CT molecular complexity index is 873. The summed E-state index contributed by atoms with van der Waals surface area (Å²) in [6.07, 6.45) is 4.53. The van der Waals surface area contributed by atoms with E-state index in [-0.39, 0.29) is 0 Å². The molecule has 0 aliphatic heterocycles. The predicted octanol–water partition coefficient (Wildman–Crippen LogP) is 8.01. The van der Waals surface area contributed by atoms with Crippen LogP contribution in [0.4, 0.5) is 0 Å². The topological polar surface area (TPSA) is 26.0 Å². The molecule has 0 aliphatic carbocycles. The highest BCUT2D eigenvalue weighted by Gasteiger charge is 2.13. The summed E-state index contributed by atoms with van der Waals surface area (Å²) >= 11 is 0. The monoisotopic (exact) mass is 379 g/mol. The standard InChI is InChI=1S/C24H31NO.C2H6/c1-16(2)9-11-19-7-6-8-21(15-19)24-25-23-20(12-10-17(3)4)13-18(5)14-22(23)26-24;1-2/h6-8,13-17H,9-12H2,1-5H3;1-2H3. The number of aromatic nitrogens is 1. The van der Waals surface area contributed by atoms with Crippen molar-refractivity contribution in [1.29, 1.82) is 0 Å². The molecule has 1 aromatic heterocycles. The van der Waals surface area contributed by atoms with E-state index >= 15 is 0 Å². The molecule has 152 valence electrons. The molecule has 2 aromatic carbocycles. The van der Waals surface area contributed by atoms with Gasteiger partial charge in [0.25, 0.3) is 0 Å². The van der Waals surface area contributed by atoms with Gasteiger partial charge < -0.3 is 4.42 Å². The van der Waals surface area contributed by atoms with E-state index in [1.807, 2.05) is 13.8 Å². The largest absolute Gasteiger partial charge is 0.436 e. The van der Waals surface area contributed by atoms with Gasteiger partial charge >= 0.3 is 0 Å². The van der Waals surface area contributed by atoms with Crippen LogP contribution in [0.25, 0.3) is 22.6 Å². The number of oxazole rings is 1. The number of fused-ring (bicyclic) bond motifs is 1. The summed E-state index contributed by atoms with van der Waals surface area (Å²) in [6, 6.07) is 13.0. The summed E-state index contributed by atoms with van der Waals surface area (Å²) in [5.41, 5.74) is 6.92. The smallest absolute Gasteiger partial charge is 0.227 e. The van der Waals surface area contributed by atoms with Crippen molar-refractivity contribution in [2.75, 3.05) is 0 Å². The molecule has 0 aliphatic rings. The molecule has 2 nitrogen and oxygen atoms in total. The molecule has 0 saturated carbocycles. The maximum Gasteiger partial charge on any atom is 0.227 e. The van der Waals surface area contributed by atoms with Crippen LogP contribution in [0.15, 0.2) is 40.8 Å². The fourth-order valence-electron chi connectivity index (χ4n) is 3.32. The third kappa shape index (κ3) is 5.95. The van der Waals surface area contributed by atoms with Crippen molar-refractivity contribution in [3.63, 3.8) is 0 Å². The summed E-state index contributed by atoms with van der Waals surface area (Å²) in [6.45, 7) is 15.2. The van der Waals surface area contributed by atoms with Crippen molar-refractivity contribution in [2.45, 2.75) is 74.1 Å². The summed E-state index contributed by atoms with van der Waals surface area (Å²) < 4.78 is 6.15. The van der Waals surface area contributed by atoms with Crippen LogP contribution in [0.2, 0.25) is 0 Å². The lowest BCUT2D eigenvalue weighted by atomic mass is 10.00. The molecule has 3 aromatic rings. The minimum Gasteiger partial charge on any atom is -0.436 e. The van der Waals surface area contributed by atoms with Gasteiger partial charge in [0.05, 0.1) is 0 Å². The first kappa shape index (κ1) is 22.2. The van der Waals surface area contributed by atoms with Gasteiger partial charge in [-0.15, -0.1) is 0 Å². The summed E-state index contributed by atoms with van der Waals surface area (Å²) in [5, 5.41) is 0. The van der Waals surface area contributed by atoms with E-state index in [1.165, 1.54) is 29.5 Å². The summed E-state index contributed by atoms with van der Waals surface area (Å²) in [5.74, 6) is 2.15. The zero-order valence-corrected chi connectivity index (χ0v) is 18.8. The van der Waals surface area contributed by atoms with E-state index in [2.05, 4.69) is 71.0 Å². The van der Waals surface area contributed by atoms with Gasteiger partial charge in [0, 0.05) is 5.56 Å². The van der Waals surface area contributed by atoms with Crippen LogP contribution in [0, 0.1) is 18.8 Å². The predicted molar refractivity (Wildman–Crippen MR) is 122 cm³/mol. The molecule has 0 atom stereocenters. The second-order valence-corrected chi connectivity index (χ2v) is 8.36. The SMILES string of the molecule is CC.Cc1cc(CCC(C)C)c2nc(-c3cccc(CCC(C)C)c3)oc2c1. The molecular weight excluding hydrogens is 342 g/mol. The molecule has 28 heavy (non-hydrogen) atoms. The molecule has 3 rings (SSSR count). The van der Waals surface area contributed by atoms with E-state index in [1.54, 1.807) is 0 Å². The Morgan fingerprint density at radius 2 is 1.57 bits per heavy atom. The maximum absolute atomic E-state index is 6.15. The van der Waals surface area contributed by atoms with Crippen molar-refractivity contribution >= 4 is 11.1 Å². The lowest BCUT2D eigenvalue weighted by Crippen LogP contribution is -1.94. The Hall–Kier alpha value is -2.09. The van der Waals surface area contributed by atoms with Gasteiger partial charge in [-0.1, -0.05) is 59.7 Å². The van der Waals surface area contributed by atoms with Gasteiger partial charge in [0.2, 0.25) is 5.89 Å². The third-order valence-electron chi connectivity index (χ3n) is 4.89. The highest BCUT2D eigenvalue weighted by Crippen LogP contribution is 2.29. The Balaban J connectivity index is 0.00000136. The molecule has 2 heteroatoms. The fraction of sp³-hybridized carbons (Fsp3) is 0.500. The molecule has 0 radical (unpaired) electrons. The normalized spacial score (nSPS) is 11.2. The molecular formula is C26H37NO. The van der Waals surface area contributed by atoms with E-state index in [4.69, 9.17) is 9.40 Å². The van der Waals surface area contributed by atoms with Crippen LogP contribution in [-0.2, 0) is 12.8 Å².